The highest BCUT2D eigenvalue weighted by molar-refractivity contribution is 5.95. The molecule has 0 fully saturated rings. The number of carbonyl (C=O) groups excluding carboxylic acids is 1. The van der Waals surface area contributed by atoms with Crippen LogP contribution >= 0.6 is 0 Å². The Bertz CT molecular complexity index is 582. The van der Waals surface area contributed by atoms with Gasteiger partial charge in [-0.05, 0) is 25.0 Å². The highest BCUT2D eigenvalue weighted by atomic mass is 16.2. The molecule has 1 aromatic carbocycles. The number of anilines is 1. The van der Waals surface area contributed by atoms with E-state index in [1.807, 2.05) is 38.1 Å². The maximum absolute atomic E-state index is 12.5. The summed E-state index contributed by atoms with van der Waals surface area (Å²) in [6.07, 6.45) is 2.88. The van der Waals surface area contributed by atoms with Gasteiger partial charge in [0.2, 0.25) is 5.91 Å². The largest absolute Gasteiger partial charge is 0.329 e. The molecule has 112 valence electrons. The summed E-state index contributed by atoms with van der Waals surface area (Å²) < 4.78 is 0. The quantitative estimate of drug-likeness (QED) is 0.758. The van der Waals surface area contributed by atoms with Crippen LogP contribution in [0, 0.1) is 5.41 Å². The number of hydrogen-bond acceptors (Lipinski definition) is 4. The average molecular weight is 287 g/mol. The van der Waals surface area contributed by atoms with Gasteiger partial charge in [0, 0.05) is 17.8 Å². The van der Waals surface area contributed by atoms with Gasteiger partial charge in [0.15, 0.2) is 5.82 Å². The minimum Gasteiger partial charge on any atom is -0.329 e. The fourth-order valence-corrected chi connectivity index (χ4v) is 2.30. The third-order valence-electron chi connectivity index (χ3n) is 4.03. The van der Waals surface area contributed by atoms with Crippen molar-refractivity contribution in [1.82, 2.24) is 15.2 Å². The first-order chi connectivity index (χ1) is 10.1. The second kappa shape index (κ2) is 6.49. The zero-order valence-electron chi connectivity index (χ0n) is 12.4. The molecule has 0 aliphatic carbocycles. The number of aromatic amines is 1. The monoisotopic (exact) mass is 287 g/mol. The van der Waals surface area contributed by atoms with E-state index in [0.717, 1.165) is 11.3 Å². The minimum absolute atomic E-state index is 0.0373. The van der Waals surface area contributed by atoms with E-state index >= 15 is 0 Å². The van der Waals surface area contributed by atoms with Crippen molar-refractivity contribution in [3.8, 4) is 11.4 Å². The van der Waals surface area contributed by atoms with Crippen LogP contribution in [0.2, 0.25) is 0 Å². The van der Waals surface area contributed by atoms with Gasteiger partial charge in [-0.2, -0.15) is 5.10 Å². The van der Waals surface area contributed by atoms with E-state index in [4.69, 9.17) is 5.73 Å². The first-order valence-electron chi connectivity index (χ1n) is 7.12. The molecule has 2 aromatic rings. The lowest BCUT2D eigenvalue weighted by molar-refractivity contribution is -0.125. The predicted molar refractivity (Wildman–Crippen MR) is 82.5 cm³/mol. The van der Waals surface area contributed by atoms with Crippen LogP contribution in [0.3, 0.4) is 0 Å². The Kier molecular flexibility index (Phi) is 4.70. The number of aromatic nitrogens is 3. The molecule has 6 heteroatoms. The molecule has 0 radical (unpaired) electrons. The van der Waals surface area contributed by atoms with Gasteiger partial charge in [-0.15, -0.1) is 0 Å². The van der Waals surface area contributed by atoms with Gasteiger partial charge in [-0.1, -0.05) is 26.0 Å². The molecule has 6 nitrogen and oxygen atoms in total. The molecule has 0 aliphatic heterocycles. The van der Waals surface area contributed by atoms with Crippen LogP contribution in [0.1, 0.15) is 26.7 Å². The number of nitrogens with two attached hydrogens (primary N) is 1. The minimum atomic E-state index is -0.512. The molecule has 0 unspecified atom stereocenters. The summed E-state index contributed by atoms with van der Waals surface area (Å²) in [5.41, 5.74) is 6.90. The van der Waals surface area contributed by atoms with Crippen molar-refractivity contribution < 1.29 is 4.79 Å². The second-order valence-electron chi connectivity index (χ2n) is 5.06. The van der Waals surface area contributed by atoms with Crippen LogP contribution in [-0.4, -0.2) is 27.6 Å². The third kappa shape index (κ3) is 3.11. The molecule has 0 saturated carbocycles. The van der Waals surface area contributed by atoms with Crippen molar-refractivity contribution in [2.45, 2.75) is 26.7 Å². The number of H-pyrrole nitrogens is 1. The summed E-state index contributed by atoms with van der Waals surface area (Å²) in [6.45, 7) is 4.31. The standard InChI is InChI=1S/C15H21N5O/c1-3-15(4-2,9-16)14(21)19-12-7-5-6-11(8-12)13-17-10-18-20-13/h5-8,10H,3-4,9,16H2,1-2H3,(H,19,21)(H,17,18,20). The van der Waals surface area contributed by atoms with Crippen LogP contribution in [-0.2, 0) is 4.79 Å². The van der Waals surface area contributed by atoms with Crippen LogP contribution in [0.4, 0.5) is 5.69 Å². The predicted octanol–water partition coefficient (Wildman–Crippen LogP) is 2.18. The van der Waals surface area contributed by atoms with Crippen LogP contribution < -0.4 is 11.1 Å². The summed E-state index contributed by atoms with van der Waals surface area (Å²) in [6, 6.07) is 7.50. The van der Waals surface area contributed by atoms with Crippen molar-refractivity contribution in [1.29, 1.82) is 0 Å². The molecule has 21 heavy (non-hydrogen) atoms. The number of amides is 1. The fraction of sp³-hybridized carbons (Fsp3) is 0.400. The zero-order chi connectivity index (χ0) is 15.3. The molecule has 0 spiro atoms. The normalized spacial score (nSPS) is 11.4. The Morgan fingerprint density at radius 1 is 1.38 bits per heavy atom. The Morgan fingerprint density at radius 3 is 2.71 bits per heavy atom. The average Bonchev–Trinajstić information content (AvgIpc) is 3.04. The number of hydrogen-bond donors (Lipinski definition) is 3. The molecule has 1 aromatic heterocycles. The summed E-state index contributed by atoms with van der Waals surface area (Å²) in [7, 11) is 0. The molecule has 4 N–H and O–H groups in total. The van der Waals surface area contributed by atoms with Crippen LogP contribution in [0.25, 0.3) is 11.4 Å². The van der Waals surface area contributed by atoms with Gasteiger partial charge in [0.25, 0.3) is 0 Å². The van der Waals surface area contributed by atoms with Crippen molar-refractivity contribution in [3.05, 3.63) is 30.6 Å². The van der Waals surface area contributed by atoms with E-state index in [2.05, 4.69) is 20.5 Å². The highest BCUT2D eigenvalue weighted by Gasteiger charge is 2.33. The van der Waals surface area contributed by atoms with Gasteiger partial charge in [-0.3, -0.25) is 9.89 Å². The Morgan fingerprint density at radius 2 is 2.14 bits per heavy atom. The number of rotatable bonds is 6. The van der Waals surface area contributed by atoms with Crippen LogP contribution in [0.5, 0.6) is 0 Å². The van der Waals surface area contributed by atoms with Crippen molar-refractivity contribution in [3.63, 3.8) is 0 Å². The molecule has 1 heterocycles. The first-order valence-corrected chi connectivity index (χ1v) is 7.12. The van der Waals surface area contributed by atoms with E-state index in [1.165, 1.54) is 6.33 Å². The molecule has 0 aliphatic rings. The SMILES string of the molecule is CCC(CC)(CN)C(=O)Nc1cccc(-c2ncn[nH]2)c1. The fourth-order valence-electron chi connectivity index (χ4n) is 2.30. The van der Waals surface area contributed by atoms with Gasteiger partial charge in [0.05, 0.1) is 5.41 Å². The van der Waals surface area contributed by atoms with Crippen molar-refractivity contribution >= 4 is 11.6 Å². The molecule has 1 amide bonds. The third-order valence-corrected chi connectivity index (χ3v) is 4.03. The summed E-state index contributed by atoms with van der Waals surface area (Å²) >= 11 is 0. The van der Waals surface area contributed by atoms with E-state index < -0.39 is 5.41 Å². The lowest BCUT2D eigenvalue weighted by atomic mass is 9.81. The molecule has 0 atom stereocenters. The van der Waals surface area contributed by atoms with Gasteiger partial charge < -0.3 is 11.1 Å². The van der Waals surface area contributed by atoms with Gasteiger partial charge >= 0.3 is 0 Å². The molecule has 0 bridgehead atoms. The summed E-state index contributed by atoms with van der Waals surface area (Å²) in [5, 5.41) is 9.59. The Balaban J connectivity index is 2.20. The maximum Gasteiger partial charge on any atom is 0.231 e. The number of carbonyl (C=O) groups is 1. The number of nitrogens with one attached hydrogen (secondary N) is 2. The second-order valence-corrected chi connectivity index (χ2v) is 5.06. The lowest BCUT2D eigenvalue weighted by Gasteiger charge is -2.28. The summed E-state index contributed by atoms with van der Waals surface area (Å²) in [4.78, 5) is 16.6. The molecular formula is C15H21N5O. The van der Waals surface area contributed by atoms with Crippen molar-refractivity contribution in [2.75, 3.05) is 11.9 Å². The number of benzene rings is 1. The molecular weight excluding hydrogens is 266 g/mol. The molecule has 0 saturated heterocycles. The van der Waals surface area contributed by atoms with E-state index in [0.29, 0.717) is 25.2 Å². The van der Waals surface area contributed by atoms with Crippen LogP contribution in [0.15, 0.2) is 30.6 Å². The smallest absolute Gasteiger partial charge is 0.231 e. The van der Waals surface area contributed by atoms with E-state index in [1.54, 1.807) is 0 Å². The van der Waals surface area contributed by atoms with Gasteiger partial charge in [-0.25, -0.2) is 4.98 Å². The Labute approximate surface area is 124 Å². The highest BCUT2D eigenvalue weighted by Crippen LogP contribution is 2.27. The van der Waals surface area contributed by atoms with Gasteiger partial charge in [0.1, 0.15) is 6.33 Å². The van der Waals surface area contributed by atoms with Crippen molar-refractivity contribution in [2.24, 2.45) is 11.1 Å². The lowest BCUT2D eigenvalue weighted by Crippen LogP contribution is -2.41. The zero-order valence-corrected chi connectivity index (χ0v) is 12.4. The first kappa shape index (κ1) is 15.2. The maximum atomic E-state index is 12.5. The Hall–Kier alpha value is -2.21. The molecule has 2 rings (SSSR count). The summed E-state index contributed by atoms with van der Waals surface area (Å²) in [5.74, 6) is 0.631. The topological polar surface area (TPSA) is 96.7 Å². The van der Waals surface area contributed by atoms with E-state index in [9.17, 15) is 4.79 Å². The number of nitrogens with zero attached hydrogens (tertiary/aromatic N) is 2. The van der Waals surface area contributed by atoms with E-state index in [-0.39, 0.29) is 5.91 Å².